The molecule has 0 aliphatic heterocycles. The highest BCUT2D eigenvalue weighted by atomic mass is 35.5. The SMILES string of the molecule is CCOC(=O)[C@](NC(=O)c1ccc(F)cc1)(Nc1ccc(OC(F)(F)Cl)cc1)C(F)(F)F. The van der Waals surface area contributed by atoms with Crippen LogP contribution in [-0.2, 0) is 9.53 Å². The number of halogens is 7. The van der Waals surface area contributed by atoms with Crippen LogP contribution in [0.2, 0.25) is 0 Å². The van der Waals surface area contributed by atoms with Gasteiger partial charge in [-0.05, 0) is 55.5 Å². The number of amides is 1. The van der Waals surface area contributed by atoms with Crippen LogP contribution in [0.1, 0.15) is 17.3 Å². The van der Waals surface area contributed by atoms with Crippen molar-refractivity contribution < 1.29 is 45.4 Å². The summed E-state index contributed by atoms with van der Waals surface area (Å²) in [6.45, 7) is 0.793. The van der Waals surface area contributed by atoms with Crippen LogP contribution in [0.25, 0.3) is 0 Å². The summed E-state index contributed by atoms with van der Waals surface area (Å²) in [4.78, 5) is 24.8. The molecular formula is C19H15ClF6N2O4. The van der Waals surface area contributed by atoms with E-state index in [1.54, 1.807) is 5.32 Å². The van der Waals surface area contributed by atoms with Crippen LogP contribution in [0.3, 0.4) is 0 Å². The van der Waals surface area contributed by atoms with Gasteiger partial charge in [0.2, 0.25) is 0 Å². The molecule has 0 saturated carbocycles. The molecule has 1 atom stereocenters. The molecule has 0 aromatic heterocycles. The molecule has 0 fully saturated rings. The van der Waals surface area contributed by atoms with Gasteiger partial charge in [-0.15, -0.1) is 8.78 Å². The maximum atomic E-state index is 14.1. The van der Waals surface area contributed by atoms with Gasteiger partial charge in [-0.3, -0.25) is 4.79 Å². The Bertz CT molecular complexity index is 948. The molecule has 0 aliphatic rings. The van der Waals surface area contributed by atoms with Crippen LogP contribution in [0.4, 0.5) is 32.0 Å². The van der Waals surface area contributed by atoms with E-state index < -0.39 is 53.1 Å². The topological polar surface area (TPSA) is 76.7 Å². The highest BCUT2D eigenvalue weighted by Gasteiger charge is 2.63. The average molecular weight is 485 g/mol. The summed E-state index contributed by atoms with van der Waals surface area (Å²) in [6, 6.07) is 6.97. The molecule has 13 heteroatoms. The molecule has 2 aromatic carbocycles. The van der Waals surface area contributed by atoms with Gasteiger partial charge in [-0.1, -0.05) is 0 Å². The van der Waals surface area contributed by atoms with Crippen LogP contribution < -0.4 is 15.4 Å². The van der Waals surface area contributed by atoms with Gasteiger partial charge in [0.05, 0.1) is 6.61 Å². The first kappa shape index (κ1) is 25.1. The molecule has 2 N–H and O–H groups in total. The second-order valence-corrected chi connectivity index (χ2v) is 6.57. The maximum absolute atomic E-state index is 14.1. The van der Waals surface area contributed by atoms with Crippen molar-refractivity contribution in [1.82, 2.24) is 5.32 Å². The summed E-state index contributed by atoms with van der Waals surface area (Å²) in [5.74, 6) is -4.49. The molecule has 0 heterocycles. The molecule has 0 saturated heterocycles. The van der Waals surface area contributed by atoms with Gasteiger partial charge >= 0.3 is 23.4 Å². The van der Waals surface area contributed by atoms with Crippen molar-refractivity contribution in [3.8, 4) is 5.75 Å². The van der Waals surface area contributed by atoms with E-state index in [9.17, 15) is 35.9 Å². The van der Waals surface area contributed by atoms with E-state index in [2.05, 4.69) is 21.1 Å². The van der Waals surface area contributed by atoms with E-state index in [0.717, 1.165) is 48.5 Å². The van der Waals surface area contributed by atoms with Gasteiger partial charge < -0.3 is 20.1 Å². The van der Waals surface area contributed by atoms with Gasteiger partial charge in [-0.25, -0.2) is 9.18 Å². The monoisotopic (exact) mass is 484 g/mol. The Hall–Kier alpha value is -3.15. The standard InChI is InChI=1S/C19H15ClF6N2O4/c1-2-31-16(30)17(18(22,23)24,28-15(29)11-3-5-12(21)6-4-11)27-13-7-9-14(10-8-13)32-19(20,25)26/h3-10,27H,2H2,1H3,(H,28,29)/t17-/m1/s1. The minimum absolute atomic E-state index is 0.376. The minimum atomic E-state index is -5.44. The number of anilines is 1. The lowest BCUT2D eigenvalue weighted by atomic mass is 10.1. The molecule has 174 valence electrons. The number of carbonyl (C=O) groups excluding carboxylic acids is 2. The fourth-order valence-corrected chi connectivity index (χ4v) is 2.52. The normalized spacial score (nSPS) is 13.6. The average Bonchev–Trinajstić information content (AvgIpc) is 2.67. The van der Waals surface area contributed by atoms with Crippen LogP contribution in [0, 0.1) is 5.82 Å². The minimum Gasteiger partial charge on any atom is -0.463 e. The first-order chi connectivity index (χ1) is 14.8. The molecule has 2 rings (SSSR count). The maximum Gasteiger partial charge on any atom is 0.487 e. The Morgan fingerprint density at radius 3 is 2.00 bits per heavy atom. The van der Waals surface area contributed by atoms with Gasteiger partial charge in [0, 0.05) is 22.9 Å². The van der Waals surface area contributed by atoms with Crippen LogP contribution in [0.15, 0.2) is 48.5 Å². The zero-order valence-electron chi connectivity index (χ0n) is 16.1. The predicted molar refractivity (Wildman–Crippen MR) is 101 cm³/mol. The first-order valence-electron chi connectivity index (χ1n) is 8.73. The predicted octanol–water partition coefficient (Wildman–Crippen LogP) is 4.66. The van der Waals surface area contributed by atoms with Crippen molar-refractivity contribution in [2.24, 2.45) is 0 Å². The number of nitrogens with one attached hydrogen (secondary N) is 2. The summed E-state index contributed by atoms with van der Waals surface area (Å²) in [5.41, 5.74) is -8.62. The lowest BCUT2D eigenvalue weighted by molar-refractivity contribution is -0.204. The Balaban J connectivity index is 2.44. The number of alkyl halides is 6. The molecule has 2 aromatic rings. The first-order valence-corrected chi connectivity index (χ1v) is 9.11. The zero-order valence-corrected chi connectivity index (χ0v) is 16.9. The Kier molecular flexibility index (Phi) is 7.50. The second-order valence-electron chi connectivity index (χ2n) is 6.13. The number of carbonyl (C=O) groups is 2. The van der Waals surface area contributed by atoms with Gasteiger partial charge in [0.15, 0.2) is 0 Å². The summed E-state index contributed by atoms with van der Waals surface area (Å²) < 4.78 is 89.3. The smallest absolute Gasteiger partial charge is 0.463 e. The molecule has 1 amide bonds. The van der Waals surface area contributed by atoms with Crippen molar-refractivity contribution in [3.63, 3.8) is 0 Å². The number of ether oxygens (including phenoxy) is 2. The number of hydrogen-bond acceptors (Lipinski definition) is 5. The molecular weight excluding hydrogens is 470 g/mol. The van der Waals surface area contributed by atoms with Crippen molar-refractivity contribution in [2.45, 2.75) is 24.3 Å². The third-order valence-corrected chi connectivity index (χ3v) is 3.91. The van der Waals surface area contributed by atoms with E-state index in [1.807, 2.05) is 5.32 Å². The highest BCUT2D eigenvalue weighted by molar-refractivity contribution is 6.20. The lowest BCUT2D eigenvalue weighted by Gasteiger charge is -2.35. The fraction of sp³-hybridized carbons (Fsp3) is 0.263. The van der Waals surface area contributed by atoms with Gasteiger partial charge in [-0.2, -0.15) is 13.2 Å². The molecule has 0 aliphatic carbocycles. The van der Waals surface area contributed by atoms with Gasteiger partial charge in [0.1, 0.15) is 11.6 Å². The summed E-state index contributed by atoms with van der Waals surface area (Å²) in [6.07, 6.45) is -5.44. The molecule has 32 heavy (non-hydrogen) atoms. The largest absolute Gasteiger partial charge is 0.487 e. The van der Waals surface area contributed by atoms with E-state index in [-0.39, 0.29) is 5.56 Å². The van der Waals surface area contributed by atoms with E-state index >= 15 is 0 Å². The molecule has 0 spiro atoms. The van der Waals surface area contributed by atoms with Crippen molar-refractivity contribution in [3.05, 3.63) is 59.9 Å². The molecule has 0 bridgehead atoms. The van der Waals surface area contributed by atoms with Gasteiger partial charge in [0.25, 0.3) is 5.91 Å². The van der Waals surface area contributed by atoms with Crippen molar-refractivity contribution in [2.75, 3.05) is 11.9 Å². The third-order valence-electron chi connectivity index (χ3n) is 3.83. The van der Waals surface area contributed by atoms with Crippen LogP contribution in [0.5, 0.6) is 5.75 Å². The Morgan fingerprint density at radius 2 is 1.53 bits per heavy atom. The third kappa shape index (κ3) is 6.19. The van der Waals surface area contributed by atoms with Crippen molar-refractivity contribution in [1.29, 1.82) is 0 Å². The number of rotatable bonds is 8. The zero-order chi connectivity index (χ0) is 24.2. The fourth-order valence-electron chi connectivity index (χ4n) is 2.43. The number of hydrogen-bond donors (Lipinski definition) is 2. The van der Waals surface area contributed by atoms with E-state index in [1.165, 1.54) is 6.92 Å². The summed E-state index contributed by atoms with van der Waals surface area (Å²) in [5, 5.41) is 3.39. The van der Waals surface area contributed by atoms with Crippen molar-refractivity contribution >= 4 is 29.2 Å². The molecule has 6 nitrogen and oxygen atoms in total. The van der Waals surface area contributed by atoms with E-state index in [4.69, 9.17) is 0 Å². The summed E-state index contributed by atoms with van der Waals surface area (Å²) in [7, 11) is 0. The van der Waals surface area contributed by atoms with Crippen LogP contribution in [-0.4, -0.2) is 35.9 Å². The quantitative estimate of drug-likeness (QED) is 0.247. The number of esters is 1. The lowest BCUT2D eigenvalue weighted by Crippen LogP contribution is -2.69. The van der Waals surface area contributed by atoms with E-state index in [0.29, 0.717) is 0 Å². The van der Waals surface area contributed by atoms with Crippen LogP contribution >= 0.6 is 11.6 Å². The Labute approximate surface area is 182 Å². The molecule has 0 unspecified atom stereocenters. The summed E-state index contributed by atoms with van der Waals surface area (Å²) >= 11 is 4.62. The highest BCUT2D eigenvalue weighted by Crippen LogP contribution is 2.34. The molecule has 0 radical (unpaired) electrons. The second kappa shape index (κ2) is 9.55. The Morgan fingerprint density at radius 1 is 0.969 bits per heavy atom. The number of benzene rings is 2.